The van der Waals surface area contributed by atoms with Gasteiger partial charge in [0.05, 0.1) is 10.7 Å². The average Bonchev–Trinajstić information content (AvgIpc) is 2.94. The summed E-state index contributed by atoms with van der Waals surface area (Å²) >= 11 is 1.74. The van der Waals surface area contributed by atoms with E-state index in [-0.39, 0.29) is 12.1 Å². The first-order valence-electron chi connectivity index (χ1n) is 7.83. The minimum Gasteiger partial charge on any atom is -0.444 e. The van der Waals surface area contributed by atoms with Gasteiger partial charge in [0, 0.05) is 30.1 Å². The predicted octanol–water partition coefficient (Wildman–Crippen LogP) is 3.42. The molecule has 2 atom stereocenters. The number of nitrogens with one attached hydrogen (secondary N) is 1. The topological polar surface area (TPSA) is 54.5 Å². The van der Waals surface area contributed by atoms with Crippen LogP contribution >= 0.6 is 11.3 Å². The van der Waals surface area contributed by atoms with Gasteiger partial charge in [0.15, 0.2) is 0 Å². The molecule has 0 aliphatic carbocycles. The van der Waals surface area contributed by atoms with Gasteiger partial charge < -0.3 is 15.0 Å². The third-order valence-electron chi connectivity index (χ3n) is 3.66. The number of hydrogen-bond acceptors (Lipinski definition) is 5. The van der Waals surface area contributed by atoms with Gasteiger partial charge in [-0.1, -0.05) is 0 Å². The van der Waals surface area contributed by atoms with Gasteiger partial charge in [-0.3, -0.25) is 0 Å². The first kappa shape index (κ1) is 17.2. The maximum atomic E-state index is 12.1. The lowest BCUT2D eigenvalue weighted by molar-refractivity contribution is 0.0290. The van der Waals surface area contributed by atoms with Crippen molar-refractivity contribution in [2.45, 2.75) is 65.6 Å². The van der Waals surface area contributed by atoms with E-state index in [4.69, 9.17) is 4.74 Å². The van der Waals surface area contributed by atoms with E-state index in [1.54, 1.807) is 16.2 Å². The largest absolute Gasteiger partial charge is 0.444 e. The average molecular weight is 325 g/mol. The second-order valence-electron chi connectivity index (χ2n) is 6.98. The predicted molar refractivity (Wildman–Crippen MR) is 89.4 cm³/mol. The van der Waals surface area contributed by atoms with E-state index in [0.717, 1.165) is 23.7 Å². The van der Waals surface area contributed by atoms with E-state index in [1.807, 2.05) is 27.7 Å². The first-order chi connectivity index (χ1) is 10.2. The maximum absolute atomic E-state index is 12.1. The molecule has 2 rings (SSSR count). The molecule has 1 N–H and O–H groups in total. The Balaban J connectivity index is 1.88. The van der Waals surface area contributed by atoms with Crippen LogP contribution in [-0.2, 0) is 4.74 Å². The van der Waals surface area contributed by atoms with E-state index in [0.29, 0.717) is 12.6 Å². The van der Waals surface area contributed by atoms with E-state index in [9.17, 15) is 4.79 Å². The van der Waals surface area contributed by atoms with Crippen molar-refractivity contribution in [2.24, 2.45) is 0 Å². The molecule has 2 heterocycles. The molecule has 1 aromatic rings. The van der Waals surface area contributed by atoms with Gasteiger partial charge in [0.25, 0.3) is 0 Å². The molecule has 0 bridgehead atoms. The summed E-state index contributed by atoms with van der Waals surface area (Å²) in [6.07, 6.45) is 0.745. The van der Waals surface area contributed by atoms with Crippen molar-refractivity contribution in [1.29, 1.82) is 0 Å². The van der Waals surface area contributed by atoms with Gasteiger partial charge >= 0.3 is 6.09 Å². The molecule has 22 heavy (non-hydrogen) atoms. The third-order valence-corrected chi connectivity index (χ3v) is 4.91. The van der Waals surface area contributed by atoms with Crippen LogP contribution in [0, 0.1) is 13.8 Å². The number of likely N-dealkylation sites (tertiary alicyclic amines) is 1. The number of carbonyl (C=O) groups excluding carboxylic acids is 1. The number of nitrogens with zero attached hydrogens (tertiary/aromatic N) is 2. The molecule has 5 nitrogen and oxygen atoms in total. The zero-order valence-electron chi connectivity index (χ0n) is 14.4. The summed E-state index contributed by atoms with van der Waals surface area (Å²) < 4.78 is 5.43. The summed E-state index contributed by atoms with van der Waals surface area (Å²) in [4.78, 5) is 19.6. The van der Waals surface area contributed by atoms with Gasteiger partial charge in [-0.15, -0.1) is 11.3 Å². The molecule has 1 saturated heterocycles. The molecule has 1 aromatic heterocycles. The van der Waals surface area contributed by atoms with Crippen LogP contribution < -0.4 is 5.32 Å². The highest BCUT2D eigenvalue weighted by molar-refractivity contribution is 7.11. The van der Waals surface area contributed by atoms with Gasteiger partial charge in [-0.25, -0.2) is 9.78 Å². The Bertz CT molecular complexity index is 536. The minimum atomic E-state index is -0.437. The summed E-state index contributed by atoms with van der Waals surface area (Å²) in [5.41, 5.74) is 0.664. The van der Waals surface area contributed by atoms with Crippen molar-refractivity contribution in [3.8, 4) is 0 Å². The third kappa shape index (κ3) is 4.43. The summed E-state index contributed by atoms with van der Waals surface area (Å²) in [6.45, 7) is 13.4. The minimum absolute atomic E-state index is 0.214. The number of rotatable bonds is 3. The Morgan fingerprint density at radius 1 is 1.45 bits per heavy atom. The Hall–Kier alpha value is -1.14. The molecule has 0 radical (unpaired) electrons. The number of hydrogen-bond donors (Lipinski definition) is 1. The van der Waals surface area contributed by atoms with Crippen LogP contribution in [0.15, 0.2) is 0 Å². The summed E-state index contributed by atoms with van der Waals surface area (Å²) in [7, 11) is 0. The van der Waals surface area contributed by atoms with Crippen molar-refractivity contribution in [3.05, 3.63) is 15.6 Å². The number of aryl methyl sites for hydroxylation is 2. The Morgan fingerprint density at radius 2 is 2.14 bits per heavy atom. The van der Waals surface area contributed by atoms with E-state index in [1.165, 1.54) is 4.88 Å². The van der Waals surface area contributed by atoms with Crippen molar-refractivity contribution < 1.29 is 9.53 Å². The molecule has 2 unspecified atom stereocenters. The number of aromatic nitrogens is 1. The monoisotopic (exact) mass is 325 g/mol. The van der Waals surface area contributed by atoms with Crippen LogP contribution in [-0.4, -0.2) is 40.7 Å². The first-order valence-corrected chi connectivity index (χ1v) is 8.65. The van der Waals surface area contributed by atoms with E-state index >= 15 is 0 Å². The fourth-order valence-corrected chi connectivity index (χ4v) is 3.71. The fourth-order valence-electron chi connectivity index (χ4n) is 2.77. The van der Waals surface area contributed by atoms with Crippen LogP contribution in [0.4, 0.5) is 4.79 Å². The smallest absolute Gasteiger partial charge is 0.410 e. The number of ether oxygens (including phenoxy) is 1. The van der Waals surface area contributed by atoms with E-state index in [2.05, 4.69) is 24.1 Å². The second-order valence-corrected chi connectivity index (χ2v) is 8.22. The lowest BCUT2D eigenvalue weighted by atomic mass is 10.2. The number of thiazole rings is 1. The van der Waals surface area contributed by atoms with Crippen molar-refractivity contribution >= 4 is 17.4 Å². The molecular weight excluding hydrogens is 298 g/mol. The maximum Gasteiger partial charge on any atom is 0.410 e. The SMILES string of the molecule is Cc1nc(C)c(C(C)NC2CCN(C(=O)OC(C)(C)C)C2)s1. The van der Waals surface area contributed by atoms with Crippen LogP contribution in [0.5, 0.6) is 0 Å². The molecule has 124 valence electrons. The standard InChI is InChI=1S/C16H27N3O2S/c1-10-14(22-12(3)17-10)11(2)18-13-7-8-19(9-13)15(20)21-16(4,5)6/h11,13,18H,7-9H2,1-6H3. The highest BCUT2D eigenvalue weighted by Crippen LogP contribution is 2.26. The van der Waals surface area contributed by atoms with Crippen LogP contribution in [0.2, 0.25) is 0 Å². The van der Waals surface area contributed by atoms with E-state index < -0.39 is 5.60 Å². The molecule has 0 aromatic carbocycles. The Morgan fingerprint density at radius 3 is 2.68 bits per heavy atom. The highest BCUT2D eigenvalue weighted by Gasteiger charge is 2.30. The number of amides is 1. The zero-order valence-corrected chi connectivity index (χ0v) is 15.2. The quantitative estimate of drug-likeness (QED) is 0.925. The summed E-state index contributed by atoms with van der Waals surface area (Å²) in [5, 5.41) is 4.72. The molecule has 1 aliphatic rings. The number of carbonyl (C=O) groups is 1. The van der Waals surface area contributed by atoms with Crippen molar-refractivity contribution in [2.75, 3.05) is 13.1 Å². The van der Waals surface area contributed by atoms with Gasteiger partial charge in [0.1, 0.15) is 5.60 Å². The Kier molecular flexibility index (Phi) is 5.12. The van der Waals surface area contributed by atoms with Crippen LogP contribution in [0.25, 0.3) is 0 Å². The molecule has 1 amide bonds. The van der Waals surface area contributed by atoms with Crippen molar-refractivity contribution in [3.63, 3.8) is 0 Å². The molecule has 0 spiro atoms. The molecule has 6 heteroatoms. The molecule has 1 aliphatic heterocycles. The molecule has 1 fully saturated rings. The second kappa shape index (κ2) is 6.54. The molecule has 0 saturated carbocycles. The Labute approximate surface area is 137 Å². The van der Waals surface area contributed by atoms with Crippen LogP contribution in [0.3, 0.4) is 0 Å². The summed E-state index contributed by atoms with van der Waals surface area (Å²) in [5.74, 6) is 0. The lowest BCUT2D eigenvalue weighted by Crippen LogP contribution is -2.38. The lowest BCUT2D eigenvalue weighted by Gasteiger charge is -2.25. The van der Waals surface area contributed by atoms with Crippen LogP contribution in [0.1, 0.15) is 55.7 Å². The van der Waals surface area contributed by atoms with Crippen molar-refractivity contribution in [1.82, 2.24) is 15.2 Å². The zero-order chi connectivity index (χ0) is 16.5. The fraction of sp³-hybridized carbons (Fsp3) is 0.750. The highest BCUT2D eigenvalue weighted by atomic mass is 32.1. The van der Waals surface area contributed by atoms with Gasteiger partial charge in [0.2, 0.25) is 0 Å². The van der Waals surface area contributed by atoms with Gasteiger partial charge in [-0.2, -0.15) is 0 Å². The normalized spacial score (nSPS) is 20.3. The van der Waals surface area contributed by atoms with Gasteiger partial charge in [-0.05, 0) is 48.0 Å². The summed E-state index contributed by atoms with van der Waals surface area (Å²) in [6, 6.07) is 0.569. The molecular formula is C16H27N3O2S.